The minimum absolute atomic E-state index is 0.254. The van der Waals surface area contributed by atoms with Gasteiger partial charge in [-0.1, -0.05) is 17.7 Å². The Kier molecular flexibility index (Phi) is 4.84. The van der Waals surface area contributed by atoms with Crippen LogP contribution in [0.1, 0.15) is 4.88 Å². The van der Waals surface area contributed by atoms with E-state index >= 15 is 0 Å². The number of thiophene rings is 1. The lowest BCUT2D eigenvalue weighted by Crippen LogP contribution is -2.02. The van der Waals surface area contributed by atoms with Crippen molar-refractivity contribution in [2.45, 2.75) is 11.4 Å². The van der Waals surface area contributed by atoms with Crippen LogP contribution in [-0.2, 0) is 16.4 Å². The van der Waals surface area contributed by atoms with Gasteiger partial charge < -0.3 is 5.32 Å². The van der Waals surface area contributed by atoms with Crippen LogP contribution in [0.3, 0.4) is 0 Å². The van der Waals surface area contributed by atoms with Crippen molar-refractivity contribution in [1.82, 2.24) is 9.97 Å². The number of nitrogens with zero attached hydrogens (tertiary/aromatic N) is 2. The van der Waals surface area contributed by atoms with Crippen molar-refractivity contribution in [1.29, 1.82) is 0 Å². The fraction of sp³-hybridized carbons (Fsp3) is 0.125. The zero-order valence-electron chi connectivity index (χ0n) is 12.7. The molecule has 124 valence electrons. The number of sulfone groups is 1. The Morgan fingerprint density at radius 1 is 1.17 bits per heavy atom. The van der Waals surface area contributed by atoms with Crippen LogP contribution in [0.15, 0.2) is 52.7 Å². The van der Waals surface area contributed by atoms with Gasteiger partial charge >= 0.3 is 0 Å². The van der Waals surface area contributed by atoms with Crippen LogP contribution in [0.5, 0.6) is 0 Å². The van der Waals surface area contributed by atoms with E-state index in [-0.39, 0.29) is 4.90 Å². The molecule has 3 aromatic rings. The number of rotatable bonds is 5. The molecule has 0 fully saturated rings. The fourth-order valence-electron chi connectivity index (χ4n) is 2.08. The molecule has 0 aliphatic heterocycles. The number of halogens is 1. The molecule has 0 aliphatic carbocycles. The highest BCUT2D eigenvalue weighted by Gasteiger charge is 2.10. The summed E-state index contributed by atoms with van der Waals surface area (Å²) in [6, 6.07) is 12.1. The van der Waals surface area contributed by atoms with Crippen molar-refractivity contribution in [2.24, 2.45) is 0 Å². The molecule has 3 rings (SSSR count). The Morgan fingerprint density at radius 3 is 2.54 bits per heavy atom. The number of aromatic nitrogens is 2. The Balaban J connectivity index is 1.85. The molecular weight excluding hydrogens is 365 g/mol. The van der Waals surface area contributed by atoms with E-state index in [2.05, 4.69) is 15.3 Å². The van der Waals surface area contributed by atoms with Crippen molar-refractivity contribution < 1.29 is 8.42 Å². The molecule has 1 N–H and O–H groups in total. The van der Waals surface area contributed by atoms with E-state index in [0.717, 1.165) is 0 Å². The topological polar surface area (TPSA) is 72.0 Å². The Morgan fingerprint density at radius 2 is 1.92 bits per heavy atom. The number of nitrogens with one attached hydrogen (secondary N) is 1. The summed E-state index contributed by atoms with van der Waals surface area (Å²) in [4.78, 5) is 10.1. The Bertz CT molecular complexity index is 940. The summed E-state index contributed by atoms with van der Waals surface area (Å²) in [6.07, 6.45) is 1.17. The molecule has 0 bridgehead atoms. The summed E-state index contributed by atoms with van der Waals surface area (Å²) in [5, 5.41) is 5.55. The monoisotopic (exact) mass is 378 g/mol. The molecule has 24 heavy (non-hydrogen) atoms. The summed E-state index contributed by atoms with van der Waals surface area (Å²) in [6.45, 7) is 0.650. The van der Waals surface area contributed by atoms with Crippen molar-refractivity contribution in [3.63, 3.8) is 0 Å². The SMILES string of the molecule is [11CH3]S(=O)(=O)c1ccc(-c2nc(Cl)cc(NCc3cccs3)n2)cc1. The Labute approximate surface area is 149 Å². The first kappa shape index (κ1) is 16.9. The molecule has 2 aromatic heterocycles. The Hall–Kier alpha value is -1.96. The van der Waals surface area contributed by atoms with E-state index in [9.17, 15) is 8.42 Å². The highest BCUT2D eigenvalue weighted by atomic mass is 35.5. The number of hydrogen-bond donors (Lipinski definition) is 1. The molecule has 8 heteroatoms. The maximum absolute atomic E-state index is 11.5. The molecule has 0 saturated heterocycles. The standard InChI is InChI=1S/C16H14ClN3O2S2/c1-24(21,22)13-6-4-11(5-7-13)16-19-14(17)9-15(20-16)18-10-12-3-2-8-23-12/h2-9H,10H2,1H3,(H,18,19,20)/i1-1. The lowest BCUT2D eigenvalue weighted by molar-refractivity contribution is 0.602. The number of benzene rings is 1. The first-order valence-corrected chi connectivity index (χ1v) is 10.2. The van der Waals surface area contributed by atoms with E-state index in [1.165, 1.54) is 23.3 Å². The minimum Gasteiger partial charge on any atom is -0.365 e. The van der Waals surface area contributed by atoms with Crippen LogP contribution in [0.25, 0.3) is 11.4 Å². The second-order valence-corrected chi connectivity index (χ2v) is 8.56. The van der Waals surface area contributed by atoms with Gasteiger partial charge in [0.15, 0.2) is 15.7 Å². The molecule has 0 atom stereocenters. The van der Waals surface area contributed by atoms with Gasteiger partial charge in [-0.3, -0.25) is 0 Å². The largest absolute Gasteiger partial charge is 0.365 e. The van der Waals surface area contributed by atoms with E-state index < -0.39 is 9.84 Å². The molecule has 0 spiro atoms. The normalized spacial score (nSPS) is 11.4. The summed E-state index contributed by atoms with van der Waals surface area (Å²) < 4.78 is 23.1. The van der Waals surface area contributed by atoms with E-state index in [4.69, 9.17) is 11.6 Å². The predicted octanol–water partition coefficient (Wildman–Crippen LogP) is 3.87. The van der Waals surface area contributed by atoms with Crippen LogP contribution in [0.4, 0.5) is 5.82 Å². The molecule has 0 saturated carbocycles. The van der Waals surface area contributed by atoms with Gasteiger partial charge in [-0.25, -0.2) is 18.4 Å². The molecule has 5 nitrogen and oxygen atoms in total. The second-order valence-electron chi connectivity index (χ2n) is 5.13. The smallest absolute Gasteiger partial charge is 0.175 e. The maximum Gasteiger partial charge on any atom is 0.175 e. The van der Waals surface area contributed by atoms with Gasteiger partial charge in [-0.2, -0.15) is 0 Å². The van der Waals surface area contributed by atoms with Crippen molar-refractivity contribution in [3.8, 4) is 11.4 Å². The van der Waals surface area contributed by atoms with Gasteiger partial charge in [0.2, 0.25) is 0 Å². The zero-order valence-corrected chi connectivity index (χ0v) is 15.1. The van der Waals surface area contributed by atoms with Gasteiger partial charge in [-0.05, 0) is 35.7 Å². The molecule has 1 aromatic carbocycles. The zero-order chi connectivity index (χ0) is 17.2. The van der Waals surface area contributed by atoms with Crippen LogP contribution in [0.2, 0.25) is 5.15 Å². The first-order valence-electron chi connectivity index (χ1n) is 7.03. The van der Waals surface area contributed by atoms with Crippen molar-refractivity contribution >= 4 is 38.6 Å². The maximum atomic E-state index is 11.5. The van der Waals surface area contributed by atoms with Crippen LogP contribution in [0, 0.1) is 0 Å². The van der Waals surface area contributed by atoms with Gasteiger partial charge in [0, 0.05) is 22.8 Å². The molecule has 2 heterocycles. The summed E-state index contributed by atoms with van der Waals surface area (Å²) in [5.41, 5.74) is 0.698. The van der Waals surface area contributed by atoms with E-state index in [1.807, 2.05) is 17.5 Å². The quantitative estimate of drug-likeness (QED) is 0.682. The van der Waals surface area contributed by atoms with Crippen LogP contribution in [-0.4, -0.2) is 24.6 Å². The minimum atomic E-state index is -3.23. The third kappa shape index (κ3) is 4.11. The summed E-state index contributed by atoms with van der Waals surface area (Å²) in [5.74, 6) is 1.06. The van der Waals surface area contributed by atoms with Crippen molar-refractivity contribution in [3.05, 3.63) is 57.9 Å². The third-order valence-corrected chi connectivity index (χ3v) is 5.46. The highest BCUT2D eigenvalue weighted by Crippen LogP contribution is 2.22. The van der Waals surface area contributed by atoms with Crippen LogP contribution < -0.4 is 5.32 Å². The van der Waals surface area contributed by atoms with Crippen molar-refractivity contribution in [2.75, 3.05) is 11.6 Å². The van der Waals surface area contributed by atoms with E-state index in [0.29, 0.717) is 28.9 Å². The van der Waals surface area contributed by atoms with Gasteiger partial charge in [0.1, 0.15) is 11.0 Å². The van der Waals surface area contributed by atoms with Gasteiger partial charge in [0.25, 0.3) is 0 Å². The molecule has 0 aliphatic rings. The van der Waals surface area contributed by atoms with E-state index in [1.54, 1.807) is 29.5 Å². The third-order valence-electron chi connectivity index (χ3n) is 3.26. The van der Waals surface area contributed by atoms with Gasteiger partial charge in [-0.15, -0.1) is 11.3 Å². The average Bonchev–Trinajstić information content (AvgIpc) is 3.05. The molecule has 0 amide bonds. The summed E-state index contributed by atoms with van der Waals surface area (Å²) >= 11 is 7.74. The average molecular weight is 379 g/mol. The number of anilines is 1. The predicted molar refractivity (Wildman–Crippen MR) is 97.2 cm³/mol. The highest BCUT2D eigenvalue weighted by molar-refractivity contribution is 7.90. The summed E-state index contributed by atoms with van der Waals surface area (Å²) in [7, 11) is -3.23. The molecule has 0 radical (unpaired) electrons. The molecular formula is C16H14ClN3O2S2. The lowest BCUT2D eigenvalue weighted by atomic mass is 10.2. The fourth-order valence-corrected chi connectivity index (χ4v) is 3.54. The first-order chi connectivity index (χ1) is 11.4. The number of hydrogen-bond acceptors (Lipinski definition) is 6. The lowest BCUT2D eigenvalue weighted by Gasteiger charge is -2.08. The van der Waals surface area contributed by atoms with Crippen LogP contribution >= 0.6 is 22.9 Å². The molecule has 0 unspecified atom stereocenters. The second kappa shape index (κ2) is 6.88. The van der Waals surface area contributed by atoms with Gasteiger partial charge in [0.05, 0.1) is 11.4 Å².